The summed E-state index contributed by atoms with van der Waals surface area (Å²) in [4.78, 5) is 17.4. The summed E-state index contributed by atoms with van der Waals surface area (Å²) >= 11 is 0. The molecule has 0 radical (unpaired) electrons. The molecule has 0 saturated carbocycles. The maximum Gasteiger partial charge on any atom is 0.469 e. The van der Waals surface area contributed by atoms with Gasteiger partial charge in [-0.15, -0.1) is 0 Å². The van der Waals surface area contributed by atoms with Gasteiger partial charge in [-0.25, -0.2) is 4.57 Å². The van der Waals surface area contributed by atoms with Crippen molar-refractivity contribution in [3.05, 3.63) is 30.3 Å². The van der Waals surface area contributed by atoms with Gasteiger partial charge in [0.1, 0.15) is 11.9 Å². The monoisotopic (exact) mass is 274 g/mol. The maximum atomic E-state index is 10.7. The first-order valence-electron chi connectivity index (χ1n) is 5.93. The summed E-state index contributed by atoms with van der Waals surface area (Å²) in [7, 11) is -4.44. The van der Waals surface area contributed by atoms with Gasteiger partial charge in [0, 0.05) is 0 Å². The Hall–Kier alpha value is -0.870. The van der Waals surface area contributed by atoms with Gasteiger partial charge in [-0.1, -0.05) is 31.5 Å². The second-order valence-corrected chi connectivity index (χ2v) is 5.22. The lowest BCUT2D eigenvalue weighted by atomic mass is 10.2. The smallest absolute Gasteiger partial charge is 0.469 e. The van der Waals surface area contributed by atoms with Crippen molar-refractivity contribution in [2.45, 2.75) is 32.3 Å². The lowest BCUT2D eigenvalue weighted by Gasteiger charge is -2.19. The number of rotatable bonds is 8. The normalized spacial score (nSPS) is 13.3. The fourth-order valence-electron chi connectivity index (χ4n) is 1.48. The predicted octanol–water partition coefficient (Wildman–Crippen LogP) is 2.73. The molecule has 0 saturated heterocycles. The lowest BCUT2D eigenvalue weighted by Crippen LogP contribution is -2.22. The van der Waals surface area contributed by atoms with Gasteiger partial charge in [-0.05, 0) is 25.0 Å². The molecule has 0 amide bonds. The van der Waals surface area contributed by atoms with Crippen molar-refractivity contribution in [3.8, 4) is 5.75 Å². The van der Waals surface area contributed by atoms with E-state index in [0.717, 1.165) is 12.8 Å². The average molecular weight is 274 g/mol. The summed E-state index contributed by atoms with van der Waals surface area (Å²) in [5.74, 6) is 0.674. The number of phosphoric ester groups is 1. The van der Waals surface area contributed by atoms with Crippen molar-refractivity contribution in [2.75, 3.05) is 6.61 Å². The van der Waals surface area contributed by atoms with Crippen LogP contribution >= 0.6 is 7.82 Å². The van der Waals surface area contributed by atoms with Crippen LogP contribution in [-0.2, 0) is 9.09 Å². The van der Waals surface area contributed by atoms with Crippen molar-refractivity contribution in [1.82, 2.24) is 0 Å². The minimum atomic E-state index is -4.44. The average Bonchev–Trinajstić information content (AvgIpc) is 2.33. The van der Waals surface area contributed by atoms with Gasteiger partial charge >= 0.3 is 7.82 Å². The molecule has 1 rings (SSSR count). The van der Waals surface area contributed by atoms with Gasteiger partial charge < -0.3 is 14.5 Å². The molecule has 1 aromatic rings. The summed E-state index contributed by atoms with van der Waals surface area (Å²) in [6.45, 7) is 1.93. The molecule has 0 aliphatic heterocycles. The van der Waals surface area contributed by atoms with E-state index in [0.29, 0.717) is 12.2 Å². The van der Waals surface area contributed by atoms with E-state index >= 15 is 0 Å². The third-order valence-electron chi connectivity index (χ3n) is 2.35. The first-order valence-corrected chi connectivity index (χ1v) is 7.46. The number of benzene rings is 1. The van der Waals surface area contributed by atoms with Crippen molar-refractivity contribution in [2.24, 2.45) is 0 Å². The largest absolute Gasteiger partial charge is 0.488 e. The SMILES string of the molecule is CCCCC(COP(=O)(O)O)Oc1ccccc1. The van der Waals surface area contributed by atoms with Gasteiger partial charge in [0.25, 0.3) is 0 Å². The number of hydrogen-bond acceptors (Lipinski definition) is 3. The maximum absolute atomic E-state index is 10.7. The second kappa shape index (κ2) is 7.54. The Labute approximate surface area is 107 Å². The molecule has 102 valence electrons. The molecule has 0 heterocycles. The summed E-state index contributed by atoms with van der Waals surface area (Å²) in [5, 5.41) is 0. The second-order valence-electron chi connectivity index (χ2n) is 3.98. The Morgan fingerprint density at radius 2 is 1.94 bits per heavy atom. The van der Waals surface area contributed by atoms with Crippen LogP contribution in [-0.4, -0.2) is 22.5 Å². The van der Waals surface area contributed by atoms with E-state index in [2.05, 4.69) is 4.52 Å². The highest BCUT2D eigenvalue weighted by Crippen LogP contribution is 2.36. The number of unbranched alkanes of at least 4 members (excludes halogenated alkanes) is 1. The fraction of sp³-hybridized carbons (Fsp3) is 0.500. The molecule has 0 fully saturated rings. The third-order valence-corrected chi connectivity index (χ3v) is 2.84. The topological polar surface area (TPSA) is 76.0 Å². The zero-order chi connectivity index (χ0) is 13.4. The van der Waals surface area contributed by atoms with Gasteiger partial charge in [-0.3, -0.25) is 4.52 Å². The molecule has 6 heteroatoms. The number of para-hydroxylation sites is 1. The Morgan fingerprint density at radius 3 is 2.50 bits per heavy atom. The van der Waals surface area contributed by atoms with Gasteiger partial charge in [0.15, 0.2) is 0 Å². The first-order chi connectivity index (χ1) is 8.51. The zero-order valence-corrected chi connectivity index (χ0v) is 11.3. The van der Waals surface area contributed by atoms with Crippen LogP contribution in [0, 0.1) is 0 Å². The van der Waals surface area contributed by atoms with E-state index in [1.54, 1.807) is 12.1 Å². The van der Waals surface area contributed by atoms with Crippen LogP contribution in [0.5, 0.6) is 5.75 Å². The summed E-state index contributed by atoms with van der Waals surface area (Å²) in [5.41, 5.74) is 0. The molecule has 5 nitrogen and oxygen atoms in total. The van der Waals surface area contributed by atoms with Gasteiger partial charge in [0.2, 0.25) is 0 Å². The molecule has 1 unspecified atom stereocenters. The minimum Gasteiger partial charge on any atom is -0.488 e. The van der Waals surface area contributed by atoms with Crippen LogP contribution in [0.1, 0.15) is 26.2 Å². The Morgan fingerprint density at radius 1 is 1.28 bits per heavy atom. The summed E-state index contributed by atoms with van der Waals surface area (Å²) < 4.78 is 20.8. The van der Waals surface area contributed by atoms with E-state index in [1.165, 1.54) is 0 Å². The molecule has 0 bridgehead atoms. The Bertz CT molecular complexity index is 375. The minimum absolute atomic E-state index is 0.112. The molecular weight excluding hydrogens is 255 g/mol. The standard InChI is InChI=1S/C12H19O5P/c1-2-3-7-12(10-16-18(13,14)15)17-11-8-5-4-6-9-11/h4-6,8-9,12H,2-3,7,10H2,1H3,(H2,13,14,15). The van der Waals surface area contributed by atoms with Crippen LogP contribution in [0.4, 0.5) is 0 Å². The molecule has 18 heavy (non-hydrogen) atoms. The Kier molecular flexibility index (Phi) is 6.36. The highest BCUT2D eigenvalue weighted by molar-refractivity contribution is 7.46. The number of ether oxygens (including phenoxy) is 1. The molecule has 0 spiro atoms. The lowest BCUT2D eigenvalue weighted by molar-refractivity contribution is 0.0945. The quantitative estimate of drug-likeness (QED) is 0.713. The summed E-state index contributed by atoms with van der Waals surface area (Å²) in [6, 6.07) is 9.17. The van der Waals surface area contributed by atoms with Gasteiger partial charge in [0.05, 0.1) is 6.61 Å². The van der Waals surface area contributed by atoms with E-state index in [4.69, 9.17) is 14.5 Å². The molecule has 1 atom stereocenters. The molecule has 0 aromatic heterocycles. The Balaban J connectivity index is 2.52. The molecule has 0 aliphatic carbocycles. The van der Waals surface area contributed by atoms with E-state index < -0.39 is 7.82 Å². The van der Waals surface area contributed by atoms with Crippen LogP contribution in [0.25, 0.3) is 0 Å². The van der Waals surface area contributed by atoms with E-state index in [9.17, 15) is 4.57 Å². The van der Waals surface area contributed by atoms with Crippen LogP contribution in [0.15, 0.2) is 30.3 Å². The predicted molar refractivity (Wildman–Crippen MR) is 68.4 cm³/mol. The van der Waals surface area contributed by atoms with Crippen molar-refractivity contribution >= 4 is 7.82 Å². The molecular formula is C12H19O5P. The van der Waals surface area contributed by atoms with Crippen LogP contribution in [0.3, 0.4) is 0 Å². The molecule has 0 aliphatic rings. The van der Waals surface area contributed by atoms with E-state index in [1.807, 2.05) is 25.1 Å². The molecule has 2 N–H and O–H groups in total. The van der Waals surface area contributed by atoms with E-state index in [-0.39, 0.29) is 12.7 Å². The van der Waals surface area contributed by atoms with Crippen molar-refractivity contribution in [1.29, 1.82) is 0 Å². The number of hydrogen-bond donors (Lipinski definition) is 2. The van der Waals surface area contributed by atoms with Crippen LogP contribution < -0.4 is 4.74 Å². The van der Waals surface area contributed by atoms with Crippen molar-refractivity contribution in [3.63, 3.8) is 0 Å². The zero-order valence-electron chi connectivity index (χ0n) is 10.4. The number of phosphoric acid groups is 1. The first kappa shape index (κ1) is 15.2. The van der Waals surface area contributed by atoms with Crippen molar-refractivity contribution < 1.29 is 23.6 Å². The highest BCUT2D eigenvalue weighted by Gasteiger charge is 2.19. The summed E-state index contributed by atoms with van der Waals surface area (Å²) in [6.07, 6.45) is 2.26. The van der Waals surface area contributed by atoms with Crippen LogP contribution in [0.2, 0.25) is 0 Å². The van der Waals surface area contributed by atoms with Gasteiger partial charge in [-0.2, -0.15) is 0 Å². The molecule has 1 aromatic carbocycles. The fourth-order valence-corrected chi connectivity index (χ4v) is 1.84. The highest BCUT2D eigenvalue weighted by atomic mass is 31.2. The third kappa shape index (κ3) is 6.77.